The van der Waals surface area contributed by atoms with Crippen LogP contribution in [0.5, 0.6) is 0 Å². The van der Waals surface area contributed by atoms with Gasteiger partial charge in [0.25, 0.3) is 0 Å². The lowest BCUT2D eigenvalue weighted by atomic mass is 9.99. The first-order valence-electron chi connectivity index (χ1n) is 6.68. The van der Waals surface area contributed by atoms with Crippen molar-refractivity contribution in [1.29, 1.82) is 0 Å². The molecule has 0 amide bonds. The maximum absolute atomic E-state index is 5.62. The second-order valence-corrected chi connectivity index (χ2v) is 5.02. The largest absolute Gasteiger partial charge is 0.384 e. The van der Waals surface area contributed by atoms with Crippen molar-refractivity contribution < 1.29 is 4.74 Å². The van der Waals surface area contributed by atoms with Gasteiger partial charge in [-0.2, -0.15) is 0 Å². The smallest absolute Gasteiger partial charge is 0.0547 e. The zero-order chi connectivity index (χ0) is 12.8. The minimum atomic E-state index is 0.514. The highest BCUT2D eigenvalue weighted by molar-refractivity contribution is 5.11. The van der Waals surface area contributed by atoms with Gasteiger partial charge < -0.3 is 10.5 Å². The van der Waals surface area contributed by atoms with Gasteiger partial charge in [0.2, 0.25) is 0 Å². The molecule has 0 bridgehead atoms. The standard InChI is InChI=1S/C14H23N3O/c1-18-11-12-4-3-7-17(9-12)10-14-6-2-5-13(8-15)16-14/h2,5-6,12H,3-4,7-11,15H2,1H3. The molecule has 0 aromatic carbocycles. The molecule has 1 aromatic rings. The summed E-state index contributed by atoms with van der Waals surface area (Å²) in [5.74, 6) is 0.668. The van der Waals surface area contributed by atoms with Crippen molar-refractivity contribution in [3.05, 3.63) is 29.6 Å². The summed E-state index contributed by atoms with van der Waals surface area (Å²) in [5, 5.41) is 0. The van der Waals surface area contributed by atoms with Gasteiger partial charge in [0.05, 0.1) is 18.0 Å². The van der Waals surface area contributed by atoms with Crippen LogP contribution >= 0.6 is 0 Å². The Morgan fingerprint density at radius 2 is 2.28 bits per heavy atom. The van der Waals surface area contributed by atoms with E-state index in [1.165, 1.54) is 12.8 Å². The topological polar surface area (TPSA) is 51.4 Å². The molecule has 100 valence electrons. The van der Waals surface area contributed by atoms with Crippen molar-refractivity contribution in [3.63, 3.8) is 0 Å². The Hall–Kier alpha value is -0.970. The molecule has 2 N–H and O–H groups in total. The number of ether oxygens (including phenoxy) is 1. The molecule has 4 heteroatoms. The number of likely N-dealkylation sites (tertiary alicyclic amines) is 1. The molecule has 1 aliphatic rings. The summed E-state index contributed by atoms with van der Waals surface area (Å²) in [5.41, 5.74) is 7.71. The third-order valence-corrected chi connectivity index (χ3v) is 3.46. The first kappa shape index (κ1) is 13.5. The Labute approximate surface area is 109 Å². The zero-order valence-electron chi connectivity index (χ0n) is 11.1. The highest BCUT2D eigenvalue weighted by Gasteiger charge is 2.19. The first-order chi connectivity index (χ1) is 8.81. The van der Waals surface area contributed by atoms with Crippen molar-refractivity contribution in [2.45, 2.75) is 25.9 Å². The molecule has 0 spiro atoms. The van der Waals surface area contributed by atoms with Crippen LogP contribution in [0.2, 0.25) is 0 Å². The molecule has 0 saturated carbocycles. The SMILES string of the molecule is COCC1CCCN(Cc2cccc(CN)n2)C1. The predicted molar refractivity (Wildman–Crippen MR) is 72.0 cm³/mol. The molecule has 18 heavy (non-hydrogen) atoms. The number of aromatic nitrogens is 1. The van der Waals surface area contributed by atoms with Crippen molar-refractivity contribution in [2.75, 3.05) is 26.8 Å². The van der Waals surface area contributed by atoms with Crippen LogP contribution < -0.4 is 5.73 Å². The van der Waals surface area contributed by atoms with Crippen molar-refractivity contribution >= 4 is 0 Å². The van der Waals surface area contributed by atoms with Crippen LogP contribution in [-0.4, -0.2) is 36.7 Å². The molecule has 1 fully saturated rings. The molecule has 1 aromatic heterocycles. The molecule has 2 rings (SSSR count). The summed E-state index contributed by atoms with van der Waals surface area (Å²) in [7, 11) is 1.78. The Balaban J connectivity index is 1.91. The summed E-state index contributed by atoms with van der Waals surface area (Å²) in [4.78, 5) is 7.03. The van der Waals surface area contributed by atoms with E-state index in [-0.39, 0.29) is 0 Å². The average molecular weight is 249 g/mol. The monoisotopic (exact) mass is 249 g/mol. The molecule has 1 unspecified atom stereocenters. The summed E-state index contributed by atoms with van der Waals surface area (Å²) in [6, 6.07) is 6.10. The van der Waals surface area contributed by atoms with E-state index in [4.69, 9.17) is 10.5 Å². The van der Waals surface area contributed by atoms with E-state index < -0.39 is 0 Å². The zero-order valence-corrected chi connectivity index (χ0v) is 11.1. The third-order valence-electron chi connectivity index (χ3n) is 3.46. The highest BCUT2D eigenvalue weighted by Crippen LogP contribution is 2.18. The van der Waals surface area contributed by atoms with E-state index in [0.29, 0.717) is 12.5 Å². The molecule has 0 aliphatic carbocycles. The number of nitrogens with zero attached hydrogens (tertiary/aromatic N) is 2. The average Bonchev–Trinajstić information content (AvgIpc) is 2.40. The lowest BCUT2D eigenvalue weighted by molar-refractivity contribution is 0.0868. The second kappa shape index (κ2) is 6.83. The van der Waals surface area contributed by atoms with E-state index in [1.807, 2.05) is 12.1 Å². The summed E-state index contributed by atoms with van der Waals surface area (Å²) < 4.78 is 5.26. The van der Waals surface area contributed by atoms with E-state index in [9.17, 15) is 0 Å². The second-order valence-electron chi connectivity index (χ2n) is 5.02. The van der Waals surface area contributed by atoms with Crippen molar-refractivity contribution in [2.24, 2.45) is 11.7 Å². The van der Waals surface area contributed by atoms with Crippen LogP contribution in [0.3, 0.4) is 0 Å². The molecule has 4 nitrogen and oxygen atoms in total. The predicted octanol–water partition coefficient (Wildman–Crippen LogP) is 1.40. The third kappa shape index (κ3) is 3.77. The Morgan fingerprint density at radius 3 is 3.06 bits per heavy atom. The fourth-order valence-electron chi connectivity index (χ4n) is 2.63. The van der Waals surface area contributed by atoms with Crippen LogP contribution in [0.25, 0.3) is 0 Å². The maximum Gasteiger partial charge on any atom is 0.0547 e. The fourth-order valence-corrected chi connectivity index (χ4v) is 2.63. The Kier molecular flexibility index (Phi) is 5.11. The van der Waals surface area contributed by atoms with Crippen LogP contribution in [-0.2, 0) is 17.8 Å². The van der Waals surface area contributed by atoms with Crippen LogP contribution in [0.1, 0.15) is 24.2 Å². The van der Waals surface area contributed by atoms with Gasteiger partial charge >= 0.3 is 0 Å². The van der Waals surface area contributed by atoms with Gasteiger partial charge in [-0.25, -0.2) is 0 Å². The van der Waals surface area contributed by atoms with E-state index in [0.717, 1.165) is 37.6 Å². The number of hydrogen-bond acceptors (Lipinski definition) is 4. The lowest BCUT2D eigenvalue weighted by Crippen LogP contribution is -2.36. The van der Waals surface area contributed by atoms with Gasteiger partial charge in [-0.3, -0.25) is 9.88 Å². The molecule has 1 atom stereocenters. The number of rotatable bonds is 5. The number of piperidine rings is 1. The number of methoxy groups -OCH3 is 1. The van der Waals surface area contributed by atoms with Gasteiger partial charge in [-0.15, -0.1) is 0 Å². The van der Waals surface area contributed by atoms with E-state index in [1.54, 1.807) is 7.11 Å². The molecule has 1 saturated heterocycles. The van der Waals surface area contributed by atoms with Gasteiger partial charge in [0, 0.05) is 26.7 Å². The Morgan fingerprint density at radius 1 is 1.44 bits per heavy atom. The van der Waals surface area contributed by atoms with E-state index in [2.05, 4.69) is 16.0 Å². The fraction of sp³-hybridized carbons (Fsp3) is 0.643. The number of hydrogen-bond donors (Lipinski definition) is 1. The molecular weight excluding hydrogens is 226 g/mol. The summed E-state index contributed by atoms with van der Waals surface area (Å²) in [6.45, 7) is 4.58. The minimum Gasteiger partial charge on any atom is -0.384 e. The number of pyridine rings is 1. The highest BCUT2D eigenvalue weighted by atomic mass is 16.5. The summed E-state index contributed by atoms with van der Waals surface area (Å²) >= 11 is 0. The normalized spacial score (nSPS) is 21.1. The summed E-state index contributed by atoms with van der Waals surface area (Å²) in [6.07, 6.45) is 2.53. The first-order valence-corrected chi connectivity index (χ1v) is 6.68. The van der Waals surface area contributed by atoms with Crippen LogP contribution in [0, 0.1) is 5.92 Å². The van der Waals surface area contributed by atoms with Gasteiger partial charge in [-0.05, 0) is 37.4 Å². The lowest BCUT2D eigenvalue weighted by Gasteiger charge is -2.32. The van der Waals surface area contributed by atoms with Crippen LogP contribution in [0.4, 0.5) is 0 Å². The maximum atomic E-state index is 5.62. The molecular formula is C14H23N3O. The molecule has 0 radical (unpaired) electrons. The van der Waals surface area contributed by atoms with E-state index >= 15 is 0 Å². The van der Waals surface area contributed by atoms with Gasteiger partial charge in [0.1, 0.15) is 0 Å². The Bertz CT molecular complexity index is 368. The van der Waals surface area contributed by atoms with Crippen LogP contribution in [0.15, 0.2) is 18.2 Å². The van der Waals surface area contributed by atoms with Crippen molar-refractivity contribution in [1.82, 2.24) is 9.88 Å². The minimum absolute atomic E-state index is 0.514. The van der Waals surface area contributed by atoms with Gasteiger partial charge in [0.15, 0.2) is 0 Å². The number of nitrogens with two attached hydrogens (primary N) is 1. The molecule has 2 heterocycles. The quantitative estimate of drug-likeness (QED) is 0.857. The van der Waals surface area contributed by atoms with Crippen molar-refractivity contribution in [3.8, 4) is 0 Å². The van der Waals surface area contributed by atoms with Gasteiger partial charge in [-0.1, -0.05) is 6.07 Å². The molecule has 1 aliphatic heterocycles.